The molecule has 0 atom stereocenters. The van der Waals surface area contributed by atoms with Gasteiger partial charge in [0.25, 0.3) is 0 Å². The Kier molecular flexibility index (Phi) is 7.07. The summed E-state index contributed by atoms with van der Waals surface area (Å²) in [5.41, 5.74) is 2.86. The van der Waals surface area contributed by atoms with Gasteiger partial charge in [-0.15, -0.1) is 11.3 Å². The highest BCUT2D eigenvalue weighted by atomic mass is 32.1. The van der Waals surface area contributed by atoms with Gasteiger partial charge >= 0.3 is 0 Å². The van der Waals surface area contributed by atoms with Gasteiger partial charge in [-0.3, -0.25) is 4.79 Å². The number of para-hydroxylation sites is 3. The van der Waals surface area contributed by atoms with Gasteiger partial charge in [0, 0.05) is 43.2 Å². The van der Waals surface area contributed by atoms with Gasteiger partial charge in [-0.1, -0.05) is 30.3 Å². The topological polar surface area (TPSA) is 54.9 Å². The first-order chi connectivity index (χ1) is 15.6. The predicted molar refractivity (Wildman–Crippen MR) is 128 cm³/mol. The summed E-state index contributed by atoms with van der Waals surface area (Å²) in [4.78, 5) is 21.3. The van der Waals surface area contributed by atoms with Crippen LogP contribution in [0.3, 0.4) is 0 Å². The van der Waals surface area contributed by atoms with E-state index in [9.17, 15) is 4.79 Å². The van der Waals surface area contributed by atoms with E-state index in [1.165, 1.54) is 0 Å². The Hall–Kier alpha value is -3.32. The number of thiazole rings is 1. The van der Waals surface area contributed by atoms with Crippen molar-refractivity contribution in [2.75, 3.05) is 38.2 Å². The van der Waals surface area contributed by atoms with Crippen LogP contribution in [0.1, 0.15) is 16.3 Å². The van der Waals surface area contributed by atoms with E-state index in [0.717, 1.165) is 46.5 Å². The first kappa shape index (κ1) is 21.9. The minimum absolute atomic E-state index is 0.00889. The lowest BCUT2D eigenvalue weighted by atomic mass is 10.1. The molecule has 1 aromatic heterocycles. The predicted octanol–water partition coefficient (Wildman–Crippen LogP) is 4.40. The summed E-state index contributed by atoms with van der Waals surface area (Å²) >= 11 is 1.61. The first-order valence-electron chi connectivity index (χ1n) is 10.6. The highest BCUT2D eigenvalue weighted by Crippen LogP contribution is 2.28. The summed E-state index contributed by atoms with van der Waals surface area (Å²) in [5.74, 6) is 1.61. The van der Waals surface area contributed by atoms with Crippen molar-refractivity contribution < 1.29 is 14.3 Å². The van der Waals surface area contributed by atoms with Crippen LogP contribution in [0.25, 0.3) is 6.08 Å². The second-order valence-corrected chi connectivity index (χ2v) is 8.56. The SMILES string of the molecule is COc1ccccc1N1CCN(C(=O)/C=C/c2ccccc2OCc2csc(C)n2)CC1. The zero-order chi connectivity index (χ0) is 22.3. The Bertz CT molecular complexity index is 1090. The molecular weight excluding hydrogens is 422 g/mol. The third-order valence-corrected chi connectivity index (χ3v) is 6.21. The van der Waals surface area contributed by atoms with Crippen molar-refractivity contribution in [3.05, 3.63) is 76.3 Å². The average molecular weight is 450 g/mol. The number of amides is 1. The second kappa shape index (κ2) is 10.3. The Labute approximate surface area is 192 Å². The third-order valence-electron chi connectivity index (χ3n) is 5.38. The molecule has 3 aromatic rings. The molecule has 1 aliphatic heterocycles. The maximum atomic E-state index is 12.8. The molecule has 166 valence electrons. The summed E-state index contributed by atoms with van der Waals surface area (Å²) in [6, 6.07) is 15.7. The van der Waals surface area contributed by atoms with Crippen LogP contribution in [0.4, 0.5) is 5.69 Å². The molecule has 4 rings (SSSR count). The number of carbonyl (C=O) groups excluding carboxylic acids is 1. The highest BCUT2D eigenvalue weighted by molar-refractivity contribution is 7.09. The Morgan fingerprint density at radius 3 is 2.50 bits per heavy atom. The molecule has 0 unspecified atom stereocenters. The minimum Gasteiger partial charge on any atom is -0.495 e. The van der Waals surface area contributed by atoms with Crippen LogP contribution < -0.4 is 14.4 Å². The van der Waals surface area contributed by atoms with E-state index in [2.05, 4.69) is 16.0 Å². The Balaban J connectivity index is 1.35. The third kappa shape index (κ3) is 5.29. The molecule has 2 heterocycles. The number of hydrogen-bond donors (Lipinski definition) is 0. The molecule has 0 bridgehead atoms. The molecule has 6 nitrogen and oxygen atoms in total. The van der Waals surface area contributed by atoms with Gasteiger partial charge in [0.1, 0.15) is 18.1 Å². The van der Waals surface area contributed by atoms with Gasteiger partial charge in [0.05, 0.1) is 23.5 Å². The lowest BCUT2D eigenvalue weighted by molar-refractivity contribution is -0.126. The van der Waals surface area contributed by atoms with Crippen LogP contribution in [0.15, 0.2) is 60.0 Å². The number of methoxy groups -OCH3 is 1. The number of aryl methyl sites for hydroxylation is 1. The quantitative estimate of drug-likeness (QED) is 0.501. The monoisotopic (exact) mass is 449 g/mol. The minimum atomic E-state index is 0.00889. The number of rotatable bonds is 7. The van der Waals surface area contributed by atoms with E-state index in [4.69, 9.17) is 9.47 Å². The van der Waals surface area contributed by atoms with Crippen molar-refractivity contribution in [3.63, 3.8) is 0 Å². The van der Waals surface area contributed by atoms with Crippen molar-refractivity contribution in [2.45, 2.75) is 13.5 Å². The number of carbonyl (C=O) groups is 1. The molecule has 2 aromatic carbocycles. The molecule has 0 spiro atoms. The normalized spacial score (nSPS) is 14.1. The summed E-state index contributed by atoms with van der Waals surface area (Å²) in [6.45, 7) is 5.27. The van der Waals surface area contributed by atoms with Crippen molar-refractivity contribution in [2.24, 2.45) is 0 Å². The summed E-state index contributed by atoms with van der Waals surface area (Å²) < 4.78 is 11.4. The number of aromatic nitrogens is 1. The van der Waals surface area contributed by atoms with E-state index in [1.807, 2.05) is 65.7 Å². The van der Waals surface area contributed by atoms with Crippen molar-refractivity contribution in [1.82, 2.24) is 9.88 Å². The summed E-state index contributed by atoms with van der Waals surface area (Å²) in [7, 11) is 1.68. The molecule has 32 heavy (non-hydrogen) atoms. The van der Waals surface area contributed by atoms with Crippen molar-refractivity contribution in [3.8, 4) is 11.5 Å². The van der Waals surface area contributed by atoms with Gasteiger partial charge in [0.2, 0.25) is 5.91 Å². The zero-order valence-electron chi connectivity index (χ0n) is 18.4. The smallest absolute Gasteiger partial charge is 0.246 e. The van der Waals surface area contributed by atoms with Crippen LogP contribution in [-0.2, 0) is 11.4 Å². The largest absolute Gasteiger partial charge is 0.495 e. The molecule has 0 saturated carbocycles. The first-order valence-corrected chi connectivity index (χ1v) is 11.5. The van der Waals surface area contributed by atoms with Crippen molar-refractivity contribution >= 4 is 29.0 Å². The number of nitrogens with zero attached hydrogens (tertiary/aromatic N) is 3. The second-order valence-electron chi connectivity index (χ2n) is 7.50. The zero-order valence-corrected chi connectivity index (χ0v) is 19.2. The lowest BCUT2D eigenvalue weighted by Crippen LogP contribution is -2.48. The molecule has 1 amide bonds. The Morgan fingerprint density at radius 2 is 1.78 bits per heavy atom. The van der Waals surface area contributed by atoms with Crippen LogP contribution >= 0.6 is 11.3 Å². The van der Waals surface area contributed by atoms with E-state index in [1.54, 1.807) is 24.5 Å². The van der Waals surface area contributed by atoms with Gasteiger partial charge in [-0.25, -0.2) is 4.98 Å². The van der Waals surface area contributed by atoms with Crippen LogP contribution in [0, 0.1) is 6.92 Å². The molecule has 0 aliphatic carbocycles. The van der Waals surface area contributed by atoms with E-state index in [0.29, 0.717) is 19.7 Å². The summed E-state index contributed by atoms with van der Waals surface area (Å²) in [6.07, 6.45) is 3.46. The fourth-order valence-electron chi connectivity index (χ4n) is 3.70. The van der Waals surface area contributed by atoms with Crippen LogP contribution in [0.5, 0.6) is 11.5 Å². The molecule has 0 radical (unpaired) electrons. The number of hydrogen-bond acceptors (Lipinski definition) is 6. The molecule has 7 heteroatoms. The molecule has 1 saturated heterocycles. The number of anilines is 1. The number of benzene rings is 2. The van der Waals surface area contributed by atoms with E-state index < -0.39 is 0 Å². The van der Waals surface area contributed by atoms with Gasteiger partial charge < -0.3 is 19.3 Å². The average Bonchev–Trinajstić information content (AvgIpc) is 3.26. The van der Waals surface area contributed by atoms with E-state index >= 15 is 0 Å². The maximum Gasteiger partial charge on any atom is 0.246 e. The molecular formula is C25H27N3O3S. The van der Waals surface area contributed by atoms with Gasteiger partial charge in [-0.05, 0) is 31.2 Å². The molecule has 0 N–H and O–H groups in total. The van der Waals surface area contributed by atoms with E-state index in [-0.39, 0.29) is 5.91 Å². The summed E-state index contributed by atoms with van der Waals surface area (Å²) in [5, 5.41) is 3.02. The maximum absolute atomic E-state index is 12.8. The fraction of sp³-hybridized carbons (Fsp3) is 0.280. The highest BCUT2D eigenvalue weighted by Gasteiger charge is 2.21. The van der Waals surface area contributed by atoms with Crippen molar-refractivity contribution in [1.29, 1.82) is 0 Å². The molecule has 1 aliphatic rings. The Morgan fingerprint density at radius 1 is 1.06 bits per heavy atom. The van der Waals surface area contributed by atoms with Crippen LogP contribution in [0.2, 0.25) is 0 Å². The standard InChI is InChI=1S/C25H27N3O3S/c1-19-26-21(18-32-19)17-31-23-9-5-3-7-20(23)11-12-25(29)28-15-13-27(14-16-28)22-8-4-6-10-24(22)30-2/h3-12,18H,13-17H2,1-2H3/b12-11+. The number of ether oxygens (including phenoxy) is 2. The van der Waals surface area contributed by atoms with Crippen LogP contribution in [-0.4, -0.2) is 49.1 Å². The van der Waals surface area contributed by atoms with Gasteiger partial charge in [-0.2, -0.15) is 0 Å². The number of piperazine rings is 1. The molecule has 1 fully saturated rings. The fourth-order valence-corrected chi connectivity index (χ4v) is 4.30. The van der Waals surface area contributed by atoms with Gasteiger partial charge in [0.15, 0.2) is 0 Å². The lowest BCUT2D eigenvalue weighted by Gasteiger charge is -2.36.